The third kappa shape index (κ3) is 3.07. The molecule has 0 nitrogen and oxygen atoms in total. The number of hydrogen-bond donors (Lipinski definition) is 0. The van der Waals surface area contributed by atoms with E-state index in [0.29, 0.717) is 5.92 Å². The lowest BCUT2D eigenvalue weighted by atomic mass is 9.83. The second-order valence-electron chi connectivity index (χ2n) is 6.26. The fourth-order valence-electron chi connectivity index (χ4n) is 3.28. The smallest absolute Gasteiger partial charge is 0.0140 e. The van der Waals surface area contributed by atoms with E-state index < -0.39 is 0 Å². The molecule has 1 unspecified atom stereocenters. The van der Waals surface area contributed by atoms with Crippen molar-refractivity contribution in [3.63, 3.8) is 0 Å². The highest BCUT2D eigenvalue weighted by atomic mass is 14.2. The van der Waals surface area contributed by atoms with E-state index in [1.165, 1.54) is 33.4 Å². The molecule has 3 aromatic carbocycles. The van der Waals surface area contributed by atoms with Gasteiger partial charge in [0.1, 0.15) is 0 Å². The van der Waals surface area contributed by atoms with Gasteiger partial charge < -0.3 is 0 Å². The minimum absolute atomic E-state index is 0.529. The van der Waals surface area contributed by atoms with Crippen molar-refractivity contribution in [3.8, 4) is 22.3 Å². The molecule has 3 aromatic rings. The molecular formula is C23H24. The standard InChI is InChI=1S/C23H24/c1-4-17(2)23-21(19-12-6-5-7-13-19)15-10-16-22(23)20-14-9-8-11-18(20)3/h5-17H,4H2,1-3H3. The van der Waals surface area contributed by atoms with Crippen molar-refractivity contribution in [1.82, 2.24) is 0 Å². The van der Waals surface area contributed by atoms with Crippen molar-refractivity contribution in [1.29, 1.82) is 0 Å². The average Bonchev–Trinajstić information content (AvgIpc) is 2.61. The van der Waals surface area contributed by atoms with Gasteiger partial charge in [0, 0.05) is 0 Å². The maximum atomic E-state index is 2.34. The van der Waals surface area contributed by atoms with Gasteiger partial charge in [-0.15, -0.1) is 0 Å². The molecule has 0 saturated heterocycles. The Labute approximate surface area is 139 Å². The summed E-state index contributed by atoms with van der Waals surface area (Å²) >= 11 is 0. The van der Waals surface area contributed by atoms with Crippen molar-refractivity contribution < 1.29 is 0 Å². The van der Waals surface area contributed by atoms with Crippen molar-refractivity contribution >= 4 is 0 Å². The van der Waals surface area contributed by atoms with Gasteiger partial charge in [-0.1, -0.05) is 86.6 Å². The Hall–Kier alpha value is -2.34. The van der Waals surface area contributed by atoms with E-state index in [1.54, 1.807) is 0 Å². The van der Waals surface area contributed by atoms with E-state index in [1.807, 2.05) is 0 Å². The van der Waals surface area contributed by atoms with Gasteiger partial charge in [-0.05, 0) is 52.6 Å². The zero-order valence-corrected chi connectivity index (χ0v) is 14.2. The minimum atomic E-state index is 0.529. The molecule has 0 aliphatic carbocycles. The van der Waals surface area contributed by atoms with Crippen molar-refractivity contribution in [3.05, 3.63) is 83.9 Å². The SMILES string of the molecule is CCC(C)c1c(-c2ccccc2)cccc1-c1ccccc1C. The predicted molar refractivity (Wildman–Crippen MR) is 101 cm³/mol. The third-order valence-electron chi connectivity index (χ3n) is 4.73. The normalized spacial score (nSPS) is 12.1. The summed E-state index contributed by atoms with van der Waals surface area (Å²) in [4.78, 5) is 0. The quantitative estimate of drug-likeness (QED) is 0.494. The summed E-state index contributed by atoms with van der Waals surface area (Å²) < 4.78 is 0. The Balaban J connectivity index is 2.27. The second-order valence-corrected chi connectivity index (χ2v) is 6.26. The summed E-state index contributed by atoms with van der Waals surface area (Å²) in [5.74, 6) is 0.529. The van der Waals surface area contributed by atoms with Crippen LogP contribution in [0.2, 0.25) is 0 Å². The van der Waals surface area contributed by atoms with Crippen LogP contribution in [-0.2, 0) is 0 Å². The molecule has 0 saturated carbocycles. The zero-order chi connectivity index (χ0) is 16.2. The molecule has 0 N–H and O–H groups in total. The summed E-state index contributed by atoms with van der Waals surface area (Å²) in [6, 6.07) is 26.2. The van der Waals surface area contributed by atoms with Crippen molar-refractivity contribution in [2.45, 2.75) is 33.1 Å². The van der Waals surface area contributed by atoms with Crippen LogP contribution in [0.5, 0.6) is 0 Å². The molecular weight excluding hydrogens is 276 g/mol. The first kappa shape index (κ1) is 15.6. The third-order valence-corrected chi connectivity index (χ3v) is 4.73. The highest BCUT2D eigenvalue weighted by Crippen LogP contribution is 2.39. The lowest BCUT2D eigenvalue weighted by Crippen LogP contribution is -2.00. The molecule has 0 heterocycles. The van der Waals surface area contributed by atoms with Gasteiger partial charge in [0.25, 0.3) is 0 Å². The van der Waals surface area contributed by atoms with Gasteiger partial charge in [0.05, 0.1) is 0 Å². The molecule has 0 heteroatoms. The number of rotatable bonds is 4. The van der Waals surface area contributed by atoms with Crippen LogP contribution < -0.4 is 0 Å². The van der Waals surface area contributed by atoms with Crippen LogP contribution in [0.1, 0.15) is 37.3 Å². The molecule has 0 aliphatic heterocycles. The number of benzene rings is 3. The van der Waals surface area contributed by atoms with Gasteiger partial charge in [0.2, 0.25) is 0 Å². The summed E-state index contributed by atoms with van der Waals surface area (Å²) in [7, 11) is 0. The first-order valence-corrected chi connectivity index (χ1v) is 8.46. The second kappa shape index (κ2) is 6.83. The van der Waals surface area contributed by atoms with Crippen LogP contribution in [-0.4, -0.2) is 0 Å². The van der Waals surface area contributed by atoms with E-state index in [2.05, 4.69) is 93.6 Å². The molecule has 3 rings (SSSR count). The fourth-order valence-corrected chi connectivity index (χ4v) is 3.28. The van der Waals surface area contributed by atoms with Crippen LogP contribution in [0.3, 0.4) is 0 Å². The Kier molecular flexibility index (Phi) is 4.62. The Morgan fingerprint density at radius 1 is 0.696 bits per heavy atom. The largest absolute Gasteiger partial charge is 0.0648 e. The molecule has 0 bridgehead atoms. The Bertz CT molecular complexity index is 784. The van der Waals surface area contributed by atoms with E-state index >= 15 is 0 Å². The molecule has 0 fully saturated rings. The molecule has 0 amide bonds. The van der Waals surface area contributed by atoms with Crippen LogP contribution in [0.25, 0.3) is 22.3 Å². The van der Waals surface area contributed by atoms with Crippen LogP contribution in [0, 0.1) is 6.92 Å². The monoisotopic (exact) mass is 300 g/mol. The van der Waals surface area contributed by atoms with Gasteiger partial charge in [0.15, 0.2) is 0 Å². The van der Waals surface area contributed by atoms with E-state index in [-0.39, 0.29) is 0 Å². The minimum Gasteiger partial charge on any atom is -0.0648 e. The van der Waals surface area contributed by atoms with E-state index in [4.69, 9.17) is 0 Å². The molecule has 0 aliphatic rings. The summed E-state index contributed by atoms with van der Waals surface area (Å²) in [5, 5.41) is 0. The van der Waals surface area contributed by atoms with Gasteiger partial charge in [-0.3, -0.25) is 0 Å². The highest BCUT2D eigenvalue weighted by molar-refractivity contribution is 5.80. The summed E-state index contributed by atoms with van der Waals surface area (Å²) in [6.07, 6.45) is 1.14. The van der Waals surface area contributed by atoms with Crippen molar-refractivity contribution in [2.75, 3.05) is 0 Å². The topological polar surface area (TPSA) is 0 Å². The molecule has 1 atom stereocenters. The highest BCUT2D eigenvalue weighted by Gasteiger charge is 2.17. The maximum Gasteiger partial charge on any atom is -0.0140 e. The molecule has 116 valence electrons. The zero-order valence-electron chi connectivity index (χ0n) is 14.2. The lowest BCUT2D eigenvalue weighted by molar-refractivity contribution is 0.737. The Morgan fingerprint density at radius 2 is 1.30 bits per heavy atom. The molecule has 0 radical (unpaired) electrons. The first-order valence-electron chi connectivity index (χ1n) is 8.46. The van der Waals surface area contributed by atoms with Gasteiger partial charge in [-0.25, -0.2) is 0 Å². The first-order chi connectivity index (χ1) is 11.2. The molecule has 0 aromatic heterocycles. The summed E-state index contributed by atoms with van der Waals surface area (Å²) in [6.45, 7) is 6.81. The summed E-state index contributed by atoms with van der Waals surface area (Å²) in [5.41, 5.74) is 8.19. The van der Waals surface area contributed by atoms with E-state index in [9.17, 15) is 0 Å². The predicted octanol–water partition coefficient (Wildman–Crippen LogP) is 6.84. The fraction of sp³-hybridized carbons (Fsp3) is 0.217. The average molecular weight is 300 g/mol. The molecule has 0 spiro atoms. The molecule has 23 heavy (non-hydrogen) atoms. The van der Waals surface area contributed by atoms with Gasteiger partial charge >= 0.3 is 0 Å². The lowest BCUT2D eigenvalue weighted by Gasteiger charge is -2.21. The van der Waals surface area contributed by atoms with E-state index in [0.717, 1.165) is 6.42 Å². The van der Waals surface area contributed by atoms with Gasteiger partial charge in [-0.2, -0.15) is 0 Å². The van der Waals surface area contributed by atoms with Crippen molar-refractivity contribution in [2.24, 2.45) is 0 Å². The number of hydrogen-bond acceptors (Lipinski definition) is 0. The Morgan fingerprint density at radius 3 is 2.00 bits per heavy atom. The number of aryl methyl sites for hydroxylation is 1. The maximum absolute atomic E-state index is 2.34. The van der Waals surface area contributed by atoms with Crippen LogP contribution >= 0.6 is 0 Å². The van der Waals surface area contributed by atoms with Crippen LogP contribution in [0.15, 0.2) is 72.8 Å². The van der Waals surface area contributed by atoms with Crippen LogP contribution in [0.4, 0.5) is 0 Å².